The first-order valence-electron chi connectivity index (χ1n) is 5.54. The molecule has 3 heteroatoms. The molecule has 2 atom stereocenters. The number of halogens is 1. The Hall–Kier alpha value is 0.140. The topological polar surface area (TPSA) is 12.0 Å². The van der Waals surface area contributed by atoms with Gasteiger partial charge in [0.05, 0.1) is 0 Å². The first-order valence-corrected chi connectivity index (χ1v) is 7.48. The molecule has 15 heavy (non-hydrogen) atoms. The molecule has 1 nitrogen and oxygen atoms in total. The molecule has 0 saturated carbocycles. The maximum atomic E-state index is 3.57. The van der Waals surface area contributed by atoms with Crippen molar-refractivity contribution in [3.63, 3.8) is 0 Å². The predicted octanol–water partition coefficient (Wildman–Crippen LogP) is 3.82. The molecule has 0 radical (unpaired) electrons. The van der Waals surface area contributed by atoms with Crippen molar-refractivity contribution in [1.29, 1.82) is 0 Å². The van der Waals surface area contributed by atoms with E-state index in [0.29, 0.717) is 12.0 Å². The van der Waals surface area contributed by atoms with Crippen LogP contribution in [0.15, 0.2) is 12.1 Å². The van der Waals surface area contributed by atoms with Crippen molar-refractivity contribution >= 4 is 27.3 Å². The van der Waals surface area contributed by atoms with Gasteiger partial charge in [-0.15, -0.1) is 11.3 Å². The molecule has 1 heterocycles. The highest BCUT2D eigenvalue weighted by molar-refractivity contribution is 9.09. The zero-order valence-corrected chi connectivity index (χ0v) is 12.1. The Bertz CT molecular complexity index is 285. The van der Waals surface area contributed by atoms with Gasteiger partial charge in [-0.3, -0.25) is 0 Å². The van der Waals surface area contributed by atoms with Crippen LogP contribution in [0.2, 0.25) is 0 Å². The summed E-state index contributed by atoms with van der Waals surface area (Å²) in [5.74, 6) is 0.676. The Morgan fingerprint density at radius 1 is 1.33 bits per heavy atom. The fraction of sp³-hybridized carbons (Fsp3) is 0.667. The number of rotatable bonds is 6. The van der Waals surface area contributed by atoms with Gasteiger partial charge in [-0.1, -0.05) is 29.8 Å². The second-order valence-electron chi connectivity index (χ2n) is 4.02. The van der Waals surface area contributed by atoms with Gasteiger partial charge in [-0.05, 0) is 31.4 Å². The van der Waals surface area contributed by atoms with Crippen molar-refractivity contribution in [1.82, 2.24) is 5.32 Å². The van der Waals surface area contributed by atoms with Crippen molar-refractivity contribution in [2.24, 2.45) is 5.92 Å². The molecule has 0 fully saturated rings. The van der Waals surface area contributed by atoms with Gasteiger partial charge in [0.15, 0.2) is 0 Å². The Labute approximate surface area is 105 Å². The van der Waals surface area contributed by atoms with E-state index in [-0.39, 0.29) is 0 Å². The van der Waals surface area contributed by atoms with Gasteiger partial charge in [0.1, 0.15) is 0 Å². The highest BCUT2D eigenvalue weighted by Gasteiger charge is 2.10. The minimum absolute atomic E-state index is 0.566. The van der Waals surface area contributed by atoms with Crippen LogP contribution in [0.1, 0.15) is 30.5 Å². The van der Waals surface area contributed by atoms with Crippen LogP contribution >= 0.6 is 27.3 Å². The summed E-state index contributed by atoms with van der Waals surface area (Å²) in [4.78, 5) is 2.92. The number of aryl methyl sites for hydroxylation is 1. The van der Waals surface area contributed by atoms with Crippen molar-refractivity contribution in [2.75, 3.05) is 5.33 Å². The highest BCUT2D eigenvalue weighted by atomic mass is 79.9. The molecule has 1 N–H and O–H groups in total. The molecular weight excluding hydrogens is 270 g/mol. The van der Waals surface area contributed by atoms with Gasteiger partial charge in [0.25, 0.3) is 0 Å². The van der Waals surface area contributed by atoms with Crippen molar-refractivity contribution in [3.8, 4) is 0 Å². The minimum Gasteiger partial charge on any atom is -0.309 e. The minimum atomic E-state index is 0.566. The summed E-state index contributed by atoms with van der Waals surface area (Å²) in [5.41, 5.74) is 0. The lowest BCUT2D eigenvalue weighted by Gasteiger charge is -2.18. The highest BCUT2D eigenvalue weighted by Crippen LogP contribution is 2.17. The predicted molar refractivity (Wildman–Crippen MR) is 73.0 cm³/mol. The van der Waals surface area contributed by atoms with Crippen LogP contribution in [-0.2, 0) is 13.0 Å². The molecule has 0 aliphatic heterocycles. The van der Waals surface area contributed by atoms with Crippen LogP contribution in [0.4, 0.5) is 0 Å². The van der Waals surface area contributed by atoms with E-state index in [9.17, 15) is 0 Å². The first-order chi connectivity index (χ1) is 7.17. The summed E-state index contributed by atoms with van der Waals surface area (Å²) in [7, 11) is 0. The van der Waals surface area contributed by atoms with E-state index in [1.807, 2.05) is 11.3 Å². The third kappa shape index (κ3) is 4.25. The van der Waals surface area contributed by atoms with Crippen molar-refractivity contribution in [2.45, 2.75) is 39.8 Å². The quantitative estimate of drug-likeness (QED) is 0.785. The summed E-state index contributed by atoms with van der Waals surface area (Å²) in [5, 5.41) is 4.63. The molecule has 1 aromatic heterocycles. The third-order valence-electron chi connectivity index (χ3n) is 2.76. The molecule has 1 rings (SSSR count). The molecule has 0 aliphatic rings. The molecule has 0 amide bonds. The lowest BCUT2D eigenvalue weighted by Crippen LogP contribution is -2.32. The largest absolute Gasteiger partial charge is 0.309 e. The molecule has 1 aromatic rings. The number of nitrogens with one attached hydrogen (secondary N) is 1. The molecule has 0 aromatic carbocycles. The van der Waals surface area contributed by atoms with Crippen molar-refractivity contribution < 1.29 is 0 Å². The molecular formula is C12H20BrNS. The van der Waals surface area contributed by atoms with E-state index in [1.165, 1.54) is 9.75 Å². The molecule has 0 saturated heterocycles. The second kappa shape index (κ2) is 6.66. The van der Waals surface area contributed by atoms with Gasteiger partial charge < -0.3 is 5.32 Å². The van der Waals surface area contributed by atoms with Crippen LogP contribution in [-0.4, -0.2) is 11.4 Å². The fourth-order valence-corrected chi connectivity index (χ4v) is 2.77. The summed E-state index contributed by atoms with van der Waals surface area (Å²) in [6.07, 6.45) is 1.15. The molecule has 0 spiro atoms. The second-order valence-corrected chi connectivity index (χ2v) is 5.92. The number of thiophene rings is 1. The van der Waals surface area contributed by atoms with Crippen LogP contribution in [0, 0.1) is 5.92 Å². The molecule has 86 valence electrons. The van der Waals surface area contributed by atoms with Gasteiger partial charge in [0.2, 0.25) is 0 Å². The van der Waals surface area contributed by atoms with Crippen LogP contribution < -0.4 is 5.32 Å². The lowest BCUT2D eigenvalue weighted by molar-refractivity contribution is 0.435. The smallest absolute Gasteiger partial charge is 0.0302 e. The van der Waals surface area contributed by atoms with Crippen LogP contribution in [0.5, 0.6) is 0 Å². The normalized spacial score (nSPS) is 15.2. The third-order valence-corrected chi connectivity index (χ3v) is 5.01. The van der Waals surface area contributed by atoms with E-state index < -0.39 is 0 Å². The Morgan fingerprint density at radius 3 is 2.53 bits per heavy atom. The monoisotopic (exact) mass is 289 g/mol. The van der Waals surface area contributed by atoms with Crippen molar-refractivity contribution in [3.05, 3.63) is 21.9 Å². The Kier molecular flexibility index (Phi) is 5.87. The zero-order chi connectivity index (χ0) is 11.3. The van der Waals surface area contributed by atoms with E-state index in [0.717, 1.165) is 18.3 Å². The molecule has 2 unspecified atom stereocenters. The summed E-state index contributed by atoms with van der Waals surface area (Å²) in [6.45, 7) is 7.72. The standard InChI is InChI=1S/C12H20BrNS/c1-4-11-5-6-12(15-11)8-14-10(3)9(2)7-13/h5-6,9-10,14H,4,7-8H2,1-3H3. The summed E-state index contributed by atoms with van der Waals surface area (Å²) in [6, 6.07) is 5.04. The average molecular weight is 290 g/mol. The lowest BCUT2D eigenvalue weighted by atomic mass is 10.1. The SMILES string of the molecule is CCc1ccc(CNC(C)C(C)CBr)s1. The maximum Gasteiger partial charge on any atom is 0.0302 e. The van der Waals surface area contributed by atoms with Gasteiger partial charge in [-0.2, -0.15) is 0 Å². The number of hydrogen-bond acceptors (Lipinski definition) is 2. The van der Waals surface area contributed by atoms with E-state index in [2.05, 4.69) is 54.2 Å². The van der Waals surface area contributed by atoms with Gasteiger partial charge in [0, 0.05) is 27.7 Å². The molecule has 0 bridgehead atoms. The van der Waals surface area contributed by atoms with Gasteiger partial charge in [-0.25, -0.2) is 0 Å². The summed E-state index contributed by atoms with van der Waals surface area (Å²) >= 11 is 5.44. The van der Waals surface area contributed by atoms with E-state index in [1.54, 1.807) is 0 Å². The summed E-state index contributed by atoms with van der Waals surface area (Å²) < 4.78 is 0. The molecule has 0 aliphatic carbocycles. The zero-order valence-electron chi connectivity index (χ0n) is 9.72. The van der Waals surface area contributed by atoms with E-state index >= 15 is 0 Å². The van der Waals surface area contributed by atoms with Crippen LogP contribution in [0.25, 0.3) is 0 Å². The number of hydrogen-bond donors (Lipinski definition) is 1. The Morgan fingerprint density at radius 2 is 2.00 bits per heavy atom. The number of alkyl halides is 1. The van der Waals surface area contributed by atoms with Gasteiger partial charge >= 0.3 is 0 Å². The fourth-order valence-electron chi connectivity index (χ4n) is 1.30. The Balaban J connectivity index is 2.36. The average Bonchev–Trinajstić information content (AvgIpc) is 2.72. The first kappa shape index (κ1) is 13.2. The van der Waals surface area contributed by atoms with E-state index in [4.69, 9.17) is 0 Å². The maximum absolute atomic E-state index is 3.57. The van der Waals surface area contributed by atoms with Crippen LogP contribution in [0.3, 0.4) is 0 Å².